The van der Waals surface area contributed by atoms with Crippen LogP contribution in [0.2, 0.25) is 5.02 Å². The molecule has 3 rings (SSSR count). The predicted molar refractivity (Wildman–Crippen MR) is 77.7 cm³/mol. The molecule has 1 aromatic heterocycles. The van der Waals surface area contributed by atoms with Crippen LogP contribution >= 0.6 is 11.6 Å². The minimum absolute atomic E-state index is 0.504. The molecule has 0 atom stereocenters. The number of ether oxygens (including phenoxy) is 1. The zero-order valence-corrected chi connectivity index (χ0v) is 10.8. The van der Waals surface area contributed by atoms with Gasteiger partial charge in [-0.3, -0.25) is 0 Å². The molecule has 0 aliphatic heterocycles. The lowest BCUT2D eigenvalue weighted by molar-refractivity contribution is 0.470. The van der Waals surface area contributed by atoms with Gasteiger partial charge in [-0.05, 0) is 29.7 Å². The van der Waals surface area contributed by atoms with Gasteiger partial charge in [0.25, 0.3) is 0 Å². The van der Waals surface area contributed by atoms with Gasteiger partial charge in [-0.2, -0.15) is 0 Å². The average Bonchev–Trinajstić information content (AvgIpc) is 2.43. The first-order valence-electron chi connectivity index (χ1n) is 5.81. The number of nitrogens with zero attached hydrogens (tertiary/aromatic N) is 1. The largest absolute Gasteiger partial charge is 0.437 e. The zero-order chi connectivity index (χ0) is 13.2. The van der Waals surface area contributed by atoms with Crippen LogP contribution in [0.1, 0.15) is 0 Å². The molecule has 0 radical (unpaired) electrons. The van der Waals surface area contributed by atoms with Gasteiger partial charge in [-0.1, -0.05) is 29.8 Å². The van der Waals surface area contributed by atoms with Crippen LogP contribution in [0, 0.1) is 0 Å². The summed E-state index contributed by atoms with van der Waals surface area (Å²) < 4.78 is 5.78. The first-order valence-corrected chi connectivity index (χ1v) is 6.18. The molecule has 3 nitrogen and oxygen atoms in total. The lowest BCUT2D eigenvalue weighted by atomic mass is 10.2. The normalized spacial score (nSPS) is 10.6. The van der Waals surface area contributed by atoms with Crippen LogP contribution in [-0.2, 0) is 0 Å². The van der Waals surface area contributed by atoms with Gasteiger partial charge in [0.2, 0.25) is 5.88 Å². The van der Waals surface area contributed by atoms with E-state index in [0.29, 0.717) is 22.3 Å². The van der Waals surface area contributed by atoms with Crippen molar-refractivity contribution in [2.75, 3.05) is 5.73 Å². The lowest BCUT2D eigenvalue weighted by Gasteiger charge is -2.09. The summed E-state index contributed by atoms with van der Waals surface area (Å²) in [4.78, 5) is 4.25. The van der Waals surface area contributed by atoms with Crippen molar-refractivity contribution in [1.29, 1.82) is 0 Å². The van der Waals surface area contributed by atoms with Crippen LogP contribution in [0.4, 0.5) is 5.69 Å². The molecule has 0 fully saturated rings. The third kappa shape index (κ3) is 2.33. The molecule has 3 aromatic rings. The number of benzene rings is 2. The highest BCUT2D eigenvalue weighted by molar-refractivity contribution is 6.32. The fraction of sp³-hybridized carbons (Fsp3) is 0. The Morgan fingerprint density at radius 1 is 1.05 bits per heavy atom. The van der Waals surface area contributed by atoms with Crippen LogP contribution in [-0.4, -0.2) is 4.98 Å². The fourth-order valence-electron chi connectivity index (χ4n) is 1.88. The molecule has 19 heavy (non-hydrogen) atoms. The van der Waals surface area contributed by atoms with Gasteiger partial charge in [0.1, 0.15) is 5.75 Å². The van der Waals surface area contributed by atoms with Gasteiger partial charge in [0.05, 0.1) is 5.02 Å². The number of nitrogen functional groups attached to an aromatic ring is 1. The fourth-order valence-corrected chi connectivity index (χ4v) is 2.03. The Balaban J connectivity index is 2.08. The quantitative estimate of drug-likeness (QED) is 0.708. The van der Waals surface area contributed by atoms with Crippen molar-refractivity contribution in [2.24, 2.45) is 0 Å². The van der Waals surface area contributed by atoms with E-state index in [1.165, 1.54) is 0 Å². The molecule has 0 saturated carbocycles. The summed E-state index contributed by atoms with van der Waals surface area (Å²) in [7, 11) is 0. The maximum Gasteiger partial charge on any atom is 0.227 e. The third-order valence-corrected chi connectivity index (χ3v) is 3.11. The molecule has 2 aromatic carbocycles. The molecule has 4 heteroatoms. The van der Waals surface area contributed by atoms with E-state index >= 15 is 0 Å². The molecule has 0 saturated heterocycles. The van der Waals surface area contributed by atoms with E-state index in [4.69, 9.17) is 22.1 Å². The van der Waals surface area contributed by atoms with Crippen molar-refractivity contribution in [3.05, 3.63) is 59.8 Å². The SMILES string of the molecule is Nc1ccc(Cl)c(Oc2nccc3ccccc23)c1. The Hall–Kier alpha value is -2.26. The molecule has 0 amide bonds. The zero-order valence-electron chi connectivity index (χ0n) is 10.0. The van der Waals surface area contributed by atoms with Crippen molar-refractivity contribution >= 4 is 28.1 Å². The maximum absolute atomic E-state index is 6.09. The summed E-state index contributed by atoms with van der Waals surface area (Å²) in [6.07, 6.45) is 1.71. The van der Waals surface area contributed by atoms with Crippen LogP contribution in [0.15, 0.2) is 54.7 Å². The van der Waals surface area contributed by atoms with Gasteiger partial charge in [0.15, 0.2) is 0 Å². The van der Waals surface area contributed by atoms with Gasteiger partial charge in [-0.15, -0.1) is 0 Å². The molecule has 0 aliphatic rings. The van der Waals surface area contributed by atoms with Crippen LogP contribution < -0.4 is 10.5 Å². The molecule has 0 spiro atoms. The average molecular weight is 271 g/mol. The number of nitrogens with two attached hydrogens (primary N) is 1. The smallest absolute Gasteiger partial charge is 0.227 e. The van der Waals surface area contributed by atoms with Crippen LogP contribution in [0.25, 0.3) is 10.8 Å². The Bertz CT molecular complexity index is 738. The summed E-state index contributed by atoms with van der Waals surface area (Å²) in [5.41, 5.74) is 6.33. The van der Waals surface area contributed by atoms with Gasteiger partial charge < -0.3 is 10.5 Å². The van der Waals surface area contributed by atoms with Gasteiger partial charge in [-0.25, -0.2) is 4.98 Å². The first-order chi connectivity index (χ1) is 9.24. The number of hydrogen-bond donors (Lipinski definition) is 1. The Morgan fingerprint density at radius 3 is 2.79 bits per heavy atom. The second-order valence-corrected chi connectivity index (χ2v) is 4.54. The topological polar surface area (TPSA) is 48.1 Å². The van der Waals surface area contributed by atoms with Crippen LogP contribution in [0.3, 0.4) is 0 Å². The van der Waals surface area contributed by atoms with Crippen molar-refractivity contribution in [1.82, 2.24) is 4.98 Å². The highest BCUT2D eigenvalue weighted by Crippen LogP contribution is 2.33. The van der Waals surface area contributed by atoms with Crippen molar-refractivity contribution in [2.45, 2.75) is 0 Å². The Labute approximate surface area is 115 Å². The van der Waals surface area contributed by atoms with Crippen molar-refractivity contribution in [3.8, 4) is 11.6 Å². The molecule has 94 valence electrons. The highest BCUT2D eigenvalue weighted by Gasteiger charge is 2.07. The first kappa shape index (κ1) is 11.8. The number of aromatic nitrogens is 1. The van der Waals surface area contributed by atoms with E-state index in [9.17, 15) is 0 Å². The van der Waals surface area contributed by atoms with E-state index in [-0.39, 0.29) is 0 Å². The molecule has 0 unspecified atom stereocenters. The summed E-state index contributed by atoms with van der Waals surface area (Å²) >= 11 is 6.09. The Kier molecular flexibility index (Phi) is 2.97. The summed E-state index contributed by atoms with van der Waals surface area (Å²) in [6, 6.07) is 14.9. The minimum Gasteiger partial charge on any atom is -0.437 e. The van der Waals surface area contributed by atoms with Crippen molar-refractivity contribution < 1.29 is 4.74 Å². The van der Waals surface area contributed by atoms with E-state index in [1.807, 2.05) is 30.3 Å². The molecular weight excluding hydrogens is 260 g/mol. The van der Waals surface area contributed by atoms with E-state index in [1.54, 1.807) is 24.4 Å². The van der Waals surface area contributed by atoms with E-state index in [0.717, 1.165) is 10.8 Å². The second kappa shape index (κ2) is 4.78. The highest BCUT2D eigenvalue weighted by atomic mass is 35.5. The molecule has 1 heterocycles. The molecular formula is C15H11ClN2O. The summed E-state index contributed by atoms with van der Waals surface area (Å²) in [5, 5.41) is 2.50. The lowest BCUT2D eigenvalue weighted by Crippen LogP contribution is -1.92. The minimum atomic E-state index is 0.504. The predicted octanol–water partition coefficient (Wildman–Crippen LogP) is 4.26. The number of rotatable bonds is 2. The number of fused-ring (bicyclic) bond motifs is 1. The monoisotopic (exact) mass is 270 g/mol. The van der Waals surface area contributed by atoms with Crippen molar-refractivity contribution in [3.63, 3.8) is 0 Å². The summed E-state index contributed by atoms with van der Waals surface area (Å²) in [6.45, 7) is 0. The molecule has 2 N–H and O–H groups in total. The Morgan fingerprint density at radius 2 is 1.89 bits per heavy atom. The van der Waals surface area contributed by atoms with E-state index < -0.39 is 0 Å². The van der Waals surface area contributed by atoms with E-state index in [2.05, 4.69) is 4.98 Å². The second-order valence-electron chi connectivity index (χ2n) is 4.13. The summed E-state index contributed by atoms with van der Waals surface area (Å²) in [5.74, 6) is 1.02. The van der Waals surface area contributed by atoms with Crippen LogP contribution in [0.5, 0.6) is 11.6 Å². The number of hydrogen-bond acceptors (Lipinski definition) is 3. The number of halogens is 1. The molecule has 0 bridgehead atoms. The maximum atomic E-state index is 6.09. The standard InChI is InChI=1S/C15H11ClN2O/c16-13-6-5-11(17)9-14(13)19-15-12-4-2-1-3-10(12)7-8-18-15/h1-9H,17H2. The van der Waals surface area contributed by atoms with Gasteiger partial charge in [0, 0.05) is 23.3 Å². The number of pyridine rings is 1. The molecule has 0 aliphatic carbocycles. The number of anilines is 1. The third-order valence-electron chi connectivity index (χ3n) is 2.80. The van der Waals surface area contributed by atoms with Gasteiger partial charge >= 0.3 is 0 Å².